The molecule has 1 aromatic heterocycles. The summed E-state index contributed by atoms with van der Waals surface area (Å²) in [5.41, 5.74) is 1.31. The van der Waals surface area contributed by atoms with E-state index >= 15 is 0 Å². The molecule has 1 aromatic rings. The van der Waals surface area contributed by atoms with Gasteiger partial charge in [-0.05, 0) is 53.8 Å². The molecule has 0 aliphatic carbocycles. The lowest BCUT2D eigenvalue weighted by molar-refractivity contribution is 0.0240. The summed E-state index contributed by atoms with van der Waals surface area (Å²) < 4.78 is 10.7. The Bertz CT molecular complexity index is 807. The standard InChI is InChI=1S/C16H25N5O3.C5H11N.C2H3N/c1-16(2,3)24-15(22)21-9-11-12(10-21)18-14(23-4)19-13(11)20-7-5-17-6-8-20;1-6-4-2-3-5-6;1-2-3/h17H,5-10H2,1-4H3;2-5H2,1H3;1H3. The lowest BCUT2D eigenvalue weighted by Gasteiger charge is -2.30. The van der Waals surface area contributed by atoms with Gasteiger partial charge in [-0.1, -0.05) is 0 Å². The molecule has 3 aliphatic rings. The van der Waals surface area contributed by atoms with Crippen LogP contribution in [-0.2, 0) is 17.8 Å². The smallest absolute Gasteiger partial charge is 0.410 e. The second-order valence-corrected chi connectivity index (χ2v) is 9.27. The van der Waals surface area contributed by atoms with Crippen LogP contribution in [0.2, 0.25) is 0 Å². The normalized spacial score (nSPS) is 17.7. The summed E-state index contributed by atoms with van der Waals surface area (Å²) in [5, 5.41) is 10.7. The highest BCUT2D eigenvalue weighted by atomic mass is 16.6. The minimum absolute atomic E-state index is 0.328. The number of likely N-dealkylation sites (tertiary alicyclic amines) is 1. The van der Waals surface area contributed by atoms with Gasteiger partial charge in [-0.3, -0.25) is 4.90 Å². The van der Waals surface area contributed by atoms with Crippen LogP contribution in [0, 0.1) is 11.3 Å². The lowest BCUT2D eigenvalue weighted by Crippen LogP contribution is -2.44. The number of aromatic nitrogens is 2. The Morgan fingerprint density at radius 1 is 1.09 bits per heavy atom. The van der Waals surface area contributed by atoms with Crippen LogP contribution in [0.5, 0.6) is 6.01 Å². The van der Waals surface area contributed by atoms with E-state index < -0.39 is 5.60 Å². The Balaban J connectivity index is 0.000000360. The number of fused-ring (bicyclic) bond motifs is 1. The highest BCUT2D eigenvalue weighted by Crippen LogP contribution is 2.32. The molecule has 0 spiro atoms. The first-order valence-corrected chi connectivity index (χ1v) is 11.5. The van der Waals surface area contributed by atoms with E-state index in [4.69, 9.17) is 14.7 Å². The number of nitriles is 1. The molecular weight excluding hydrogens is 422 g/mol. The number of anilines is 1. The van der Waals surface area contributed by atoms with Gasteiger partial charge in [-0.2, -0.15) is 15.2 Å². The first kappa shape index (κ1) is 26.6. The molecule has 1 N–H and O–H groups in total. The zero-order valence-electron chi connectivity index (χ0n) is 21.0. The van der Waals surface area contributed by atoms with E-state index in [2.05, 4.69) is 32.1 Å². The second-order valence-electron chi connectivity index (χ2n) is 9.27. The van der Waals surface area contributed by atoms with Gasteiger partial charge in [-0.25, -0.2) is 4.79 Å². The first-order valence-electron chi connectivity index (χ1n) is 11.5. The molecule has 10 nitrogen and oxygen atoms in total. The van der Waals surface area contributed by atoms with Gasteiger partial charge in [0.05, 0.1) is 32.0 Å². The number of piperazine rings is 1. The highest BCUT2D eigenvalue weighted by Gasteiger charge is 2.33. The summed E-state index contributed by atoms with van der Waals surface area (Å²) >= 11 is 0. The second kappa shape index (κ2) is 12.6. The summed E-state index contributed by atoms with van der Waals surface area (Å²) in [6, 6.07) is 2.09. The van der Waals surface area contributed by atoms with E-state index in [9.17, 15) is 4.79 Å². The number of carbonyl (C=O) groups excluding carboxylic acids is 1. The number of nitrogens with zero attached hydrogens (tertiary/aromatic N) is 6. The topological polar surface area (TPSA) is 107 Å². The monoisotopic (exact) mass is 461 g/mol. The van der Waals surface area contributed by atoms with Crippen molar-refractivity contribution in [2.24, 2.45) is 0 Å². The SMILES string of the molecule is CC#N.CN1CCCC1.COc1nc2c(c(N3CCNCC3)n1)CN(C(=O)OC(C)(C)C)C2. The van der Waals surface area contributed by atoms with Crippen LogP contribution in [0.15, 0.2) is 0 Å². The van der Waals surface area contributed by atoms with Crippen molar-refractivity contribution >= 4 is 11.9 Å². The molecule has 10 heteroatoms. The van der Waals surface area contributed by atoms with Crippen molar-refractivity contribution < 1.29 is 14.3 Å². The fraction of sp³-hybridized carbons (Fsp3) is 0.739. The van der Waals surface area contributed by atoms with E-state index in [-0.39, 0.29) is 6.09 Å². The summed E-state index contributed by atoms with van der Waals surface area (Å²) in [6.45, 7) is 14.1. The lowest BCUT2D eigenvalue weighted by atomic mass is 10.2. The first-order chi connectivity index (χ1) is 15.7. The average molecular weight is 462 g/mol. The molecule has 0 saturated carbocycles. The third kappa shape index (κ3) is 8.33. The Hall–Kier alpha value is -2.64. The number of methoxy groups -OCH3 is 1. The predicted molar refractivity (Wildman–Crippen MR) is 127 cm³/mol. The zero-order valence-corrected chi connectivity index (χ0v) is 21.0. The van der Waals surface area contributed by atoms with Crippen LogP contribution < -0.4 is 15.0 Å². The van der Waals surface area contributed by atoms with Gasteiger partial charge < -0.3 is 24.6 Å². The summed E-state index contributed by atoms with van der Waals surface area (Å²) in [5.74, 6) is 0.865. The molecule has 4 rings (SSSR count). The summed E-state index contributed by atoms with van der Waals surface area (Å²) in [6.07, 6.45) is 2.50. The number of rotatable bonds is 2. The van der Waals surface area contributed by atoms with E-state index in [1.807, 2.05) is 20.8 Å². The van der Waals surface area contributed by atoms with Crippen LogP contribution in [0.1, 0.15) is 51.8 Å². The maximum atomic E-state index is 12.4. The predicted octanol–water partition coefficient (Wildman–Crippen LogP) is 2.39. The quantitative estimate of drug-likeness (QED) is 0.710. The van der Waals surface area contributed by atoms with E-state index in [1.165, 1.54) is 32.9 Å². The minimum atomic E-state index is -0.517. The number of hydrogen-bond acceptors (Lipinski definition) is 9. The fourth-order valence-electron chi connectivity index (χ4n) is 3.78. The molecule has 4 heterocycles. The van der Waals surface area contributed by atoms with E-state index in [1.54, 1.807) is 18.1 Å². The molecule has 2 saturated heterocycles. The third-order valence-electron chi connectivity index (χ3n) is 5.32. The minimum Gasteiger partial charge on any atom is -0.467 e. The van der Waals surface area contributed by atoms with Crippen LogP contribution >= 0.6 is 0 Å². The van der Waals surface area contributed by atoms with Crippen LogP contribution in [0.4, 0.5) is 10.6 Å². The van der Waals surface area contributed by atoms with Crippen molar-refractivity contribution in [1.82, 2.24) is 25.1 Å². The Morgan fingerprint density at radius 2 is 1.70 bits per heavy atom. The number of ether oxygens (including phenoxy) is 2. The Morgan fingerprint density at radius 3 is 2.18 bits per heavy atom. The molecule has 0 atom stereocenters. The molecule has 0 bridgehead atoms. The van der Waals surface area contributed by atoms with Crippen molar-refractivity contribution in [3.8, 4) is 12.1 Å². The average Bonchev–Trinajstić information content (AvgIpc) is 3.42. The highest BCUT2D eigenvalue weighted by molar-refractivity contribution is 5.70. The molecule has 1 amide bonds. The number of carbonyl (C=O) groups is 1. The molecule has 0 unspecified atom stereocenters. The largest absolute Gasteiger partial charge is 0.467 e. The van der Waals surface area contributed by atoms with Crippen molar-refractivity contribution in [3.63, 3.8) is 0 Å². The van der Waals surface area contributed by atoms with Gasteiger partial charge in [0.2, 0.25) is 0 Å². The van der Waals surface area contributed by atoms with E-state index in [0.29, 0.717) is 19.1 Å². The van der Waals surface area contributed by atoms with Gasteiger partial charge in [-0.15, -0.1) is 0 Å². The maximum absolute atomic E-state index is 12.4. The molecule has 33 heavy (non-hydrogen) atoms. The van der Waals surface area contributed by atoms with Gasteiger partial charge in [0.25, 0.3) is 0 Å². The molecule has 184 valence electrons. The van der Waals surface area contributed by atoms with Gasteiger partial charge in [0.1, 0.15) is 11.4 Å². The van der Waals surface area contributed by atoms with Gasteiger partial charge >= 0.3 is 12.1 Å². The third-order valence-corrected chi connectivity index (χ3v) is 5.32. The Kier molecular flexibility index (Phi) is 10.1. The maximum Gasteiger partial charge on any atom is 0.410 e. The molecule has 0 aromatic carbocycles. The number of nitrogens with one attached hydrogen (secondary N) is 1. The zero-order chi connectivity index (χ0) is 24.4. The number of amides is 1. The molecular formula is C23H39N7O3. The Labute approximate surface area is 197 Å². The molecule has 2 fully saturated rings. The fourth-order valence-corrected chi connectivity index (χ4v) is 3.78. The van der Waals surface area contributed by atoms with Gasteiger partial charge in [0, 0.05) is 38.7 Å². The van der Waals surface area contributed by atoms with Crippen molar-refractivity contribution in [3.05, 3.63) is 11.3 Å². The number of hydrogen-bond donors (Lipinski definition) is 1. The van der Waals surface area contributed by atoms with Crippen LogP contribution in [-0.4, -0.2) is 84.9 Å². The van der Waals surface area contributed by atoms with Crippen LogP contribution in [0.25, 0.3) is 0 Å². The van der Waals surface area contributed by atoms with Crippen molar-refractivity contribution in [1.29, 1.82) is 5.26 Å². The summed E-state index contributed by atoms with van der Waals surface area (Å²) in [7, 11) is 3.73. The van der Waals surface area contributed by atoms with Crippen LogP contribution in [0.3, 0.4) is 0 Å². The summed E-state index contributed by atoms with van der Waals surface area (Å²) in [4.78, 5) is 27.6. The van der Waals surface area contributed by atoms with E-state index in [0.717, 1.165) is 43.3 Å². The van der Waals surface area contributed by atoms with Crippen molar-refractivity contribution in [2.45, 2.75) is 59.2 Å². The molecule has 3 aliphatic heterocycles. The van der Waals surface area contributed by atoms with Crippen molar-refractivity contribution in [2.75, 3.05) is 58.3 Å². The van der Waals surface area contributed by atoms with Gasteiger partial charge in [0.15, 0.2) is 0 Å². The molecule has 0 radical (unpaired) electrons.